The summed E-state index contributed by atoms with van der Waals surface area (Å²) in [5.74, 6) is 0.429. The third kappa shape index (κ3) is 3.86. The van der Waals surface area contributed by atoms with Gasteiger partial charge < -0.3 is 19.4 Å². The predicted molar refractivity (Wildman–Crippen MR) is 103 cm³/mol. The molecule has 0 unspecified atom stereocenters. The number of aromatic nitrogens is 2. The minimum absolute atomic E-state index is 0.238. The highest BCUT2D eigenvalue weighted by atomic mass is 16.5. The maximum atomic E-state index is 13.0. The number of benzene rings is 1. The number of hydrogen-bond acceptors (Lipinski definition) is 4. The molecule has 0 spiro atoms. The van der Waals surface area contributed by atoms with Crippen LogP contribution in [0.5, 0.6) is 5.75 Å². The van der Waals surface area contributed by atoms with Gasteiger partial charge in [0, 0.05) is 12.7 Å². The molecular formula is C20H24N4O2. The van der Waals surface area contributed by atoms with Gasteiger partial charge in [-0.3, -0.25) is 4.79 Å². The van der Waals surface area contributed by atoms with E-state index in [4.69, 9.17) is 4.74 Å². The van der Waals surface area contributed by atoms with Crippen LogP contribution in [-0.2, 0) is 6.54 Å². The first kappa shape index (κ1) is 17.9. The van der Waals surface area contributed by atoms with Crippen LogP contribution in [0.4, 0.5) is 5.69 Å². The van der Waals surface area contributed by atoms with Crippen molar-refractivity contribution in [2.45, 2.75) is 19.9 Å². The number of carbonyl (C=O) groups is 1. The normalized spacial score (nSPS) is 11.1. The van der Waals surface area contributed by atoms with Gasteiger partial charge in [0.1, 0.15) is 11.4 Å². The van der Waals surface area contributed by atoms with E-state index in [1.165, 1.54) is 0 Å². The van der Waals surface area contributed by atoms with Crippen LogP contribution in [0.25, 0.3) is 5.65 Å². The fraction of sp³-hybridized carbons (Fsp3) is 0.300. The molecule has 0 aliphatic carbocycles. The summed E-state index contributed by atoms with van der Waals surface area (Å²) in [4.78, 5) is 19.5. The van der Waals surface area contributed by atoms with E-state index in [0.717, 1.165) is 17.8 Å². The molecule has 3 rings (SSSR count). The van der Waals surface area contributed by atoms with Gasteiger partial charge >= 0.3 is 0 Å². The summed E-state index contributed by atoms with van der Waals surface area (Å²) in [7, 11) is 3.94. The average molecular weight is 352 g/mol. The van der Waals surface area contributed by atoms with Crippen LogP contribution in [0.1, 0.15) is 29.5 Å². The van der Waals surface area contributed by atoms with Gasteiger partial charge in [0.05, 0.1) is 18.0 Å². The summed E-state index contributed by atoms with van der Waals surface area (Å²) in [5, 5.41) is 2.95. The fourth-order valence-electron chi connectivity index (χ4n) is 2.77. The zero-order valence-electron chi connectivity index (χ0n) is 15.4. The monoisotopic (exact) mass is 352 g/mol. The molecule has 0 atom stereocenters. The van der Waals surface area contributed by atoms with E-state index in [0.29, 0.717) is 30.3 Å². The first-order valence-corrected chi connectivity index (χ1v) is 8.74. The lowest BCUT2D eigenvalue weighted by atomic mass is 10.2. The number of nitrogens with one attached hydrogen (secondary N) is 1. The lowest BCUT2D eigenvalue weighted by Gasteiger charge is -2.13. The number of nitrogens with zero attached hydrogens (tertiary/aromatic N) is 3. The summed E-state index contributed by atoms with van der Waals surface area (Å²) < 4.78 is 7.68. The third-order valence-corrected chi connectivity index (χ3v) is 3.91. The van der Waals surface area contributed by atoms with Gasteiger partial charge in [0.25, 0.3) is 5.91 Å². The van der Waals surface area contributed by atoms with Crippen molar-refractivity contribution in [1.29, 1.82) is 0 Å². The molecule has 0 bridgehead atoms. The van der Waals surface area contributed by atoms with Crippen molar-refractivity contribution >= 4 is 17.2 Å². The second-order valence-corrected chi connectivity index (χ2v) is 6.37. The highest BCUT2D eigenvalue weighted by Gasteiger charge is 2.20. The number of para-hydroxylation sites is 2. The summed E-state index contributed by atoms with van der Waals surface area (Å²) in [6.45, 7) is 3.26. The van der Waals surface area contributed by atoms with Gasteiger partial charge in [-0.15, -0.1) is 0 Å². The Bertz CT molecular complexity index is 902. The van der Waals surface area contributed by atoms with Crippen molar-refractivity contribution in [2.24, 2.45) is 0 Å². The molecule has 6 heteroatoms. The minimum Gasteiger partial charge on any atom is -0.491 e. The van der Waals surface area contributed by atoms with Crippen molar-refractivity contribution in [1.82, 2.24) is 14.3 Å². The smallest absolute Gasteiger partial charge is 0.276 e. The second kappa shape index (κ2) is 8.01. The zero-order chi connectivity index (χ0) is 18.5. The Morgan fingerprint density at radius 2 is 1.96 bits per heavy atom. The maximum Gasteiger partial charge on any atom is 0.276 e. The fourth-order valence-corrected chi connectivity index (χ4v) is 2.77. The molecule has 0 fully saturated rings. The third-order valence-electron chi connectivity index (χ3n) is 3.91. The molecular weight excluding hydrogens is 328 g/mol. The topological polar surface area (TPSA) is 58.9 Å². The standard InChI is InChI=1S/C20H24N4O2/c1-4-13-26-17-10-6-5-9-15(17)21-20(25)19-16(14-23(2)3)24-12-8-7-11-18(24)22-19/h5-12H,4,13-14H2,1-3H3,(H,21,25). The van der Waals surface area contributed by atoms with E-state index < -0.39 is 0 Å². The molecule has 3 aromatic rings. The van der Waals surface area contributed by atoms with E-state index in [2.05, 4.69) is 10.3 Å². The summed E-state index contributed by atoms with van der Waals surface area (Å²) in [5.41, 5.74) is 2.69. The first-order chi connectivity index (χ1) is 12.6. The van der Waals surface area contributed by atoms with Gasteiger partial charge in [-0.2, -0.15) is 0 Å². The van der Waals surface area contributed by atoms with Crippen LogP contribution in [-0.4, -0.2) is 40.9 Å². The molecule has 0 aliphatic rings. The van der Waals surface area contributed by atoms with Gasteiger partial charge in [-0.05, 0) is 44.8 Å². The van der Waals surface area contributed by atoms with Crippen molar-refractivity contribution in [3.05, 3.63) is 60.0 Å². The number of fused-ring (bicyclic) bond motifs is 1. The van der Waals surface area contributed by atoms with E-state index in [-0.39, 0.29) is 5.91 Å². The van der Waals surface area contributed by atoms with Gasteiger partial charge in [0.15, 0.2) is 5.69 Å². The number of pyridine rings is 1. The number of amides is 1. The first-order valence-electron chi connectivity index (χ1n) is 8.74. The van der Waals surface area contributed by atoms with Crippen molar-refractivity contribution in [3.63, 3.8) is 0 Å². The molecule has 1 N–H and O–H groups in total. The Hall–Kier alpha value is -2.86. The molecule has 0 aliphatic heterocycles. The highest BCUT2D eigenvalue weighted by Crippen LogP contribution is 2.25. The molecule has 1 aromatic carbocycles. The maximum absolute atomic E-state index is 13.0. The molecule has 0 saturated carbocycles. The van der Waals surface area contributed by atoms with E-state index in [1.807, 2.05) is 79.0 Å². The Labute approximate surface area is 153 Å². The number of carbonyl (C=O) groups excluding carboxylic acids is 1. The van der Waals surface area contributed by atoms with Crippen LogP contribution in [0, 0.1) is 0 Å². The molecule has 136 valence electrons. The molecule has 6 nitrogen and oxygen atoms in total. The number of anilines is 1. The molecule has 0 radical (unpaired) electrons. The zero-order valence-corrected chi connectivity index (χ0v) is 15.4. The lowest BCUT2D eigenvalue weighted by Crippen LogP contribution is -2.19. The van der Waals surface area contributed by atoms with Gasteiger partial charge in [-0.1, -0.05) is 25.1 Å². The molecule has 26 heavy (non-hydrogen) atoms. The largest absolute Gasteiger partial charge is 0.491 e. The molecule has 0 saturated heterocycles. The molecule has 2 aromatic heterocycles. The Morgan fingerprint density at radius 3 is 2.73 bits per heavy atom. The molecule has 2 heterocycles. The number of imidazole rings is 1. The predicted octanol–water partition coefficient (Wildman–Crippen LogP) is 3.44. The second-order valence-electron chi connectivity index (χ2n) is 6.37. The Morgan fingerprint density at radius 1 is 1.19 bits per heavy atom. The van der Waals surface area contributed by atoms with Crippen LogP contribution in [0.2, 0.25) is 0 Å². The van der Waals surface area contributed by atoms with Crippen LogP contribution >= 0.6 is 0 Å². The van der Waals surface area contributed by atoms with Crippen molar-refractivity contribution in [2.75, 3.05) is 26.0 Å². The average Bonchev–Trinajstić information content (AvgIpc) is 2.99. The van der Waals surface area contributed by atoms with Gasteiger partial charge in [0.2, 0.25) is 0 Å². The summed E-state index contributed by atoms with van der Waals surface area (Å²) in [6, 6.07) is 13.2. The number of hydrogen-bond donors (Lipinski definition) is 1. The Kier molecular flexibility index (Phi) is 5.53. The lowest BCUT2D eigenvalue weighted by molar-refractivity contribution is 0.102. The quantitative estimate of drug-likeness (QED) is 0.708. The Balaban J connectivity index is 1.93. The van der Waals surface area contributed by atoms with E-state index in [1.54, 1.807) is 0 Å². The van der Waals surface area contributed by atoms with E-state index >= 15 is 0 Å². The molecule has 1 amide bonds. The van der Waals surface area contributed by atoms with Gasteiger partial charge in [-0.25, -0.2) is 4.98 Å². The number of rotatable bonds is 7. The highest BCUT2D eigenvalue weighted by molar-refractivity contribution is 6.05. The van der Waals surface area contributed by atoms with Crippen LogP contribution in [0.15, 0.2) is 48.7 Å². The van der Waals surface area contributed by atoms with Crippen molar-refractivity contribution in [3.8, 4) is 5.75 Å². The SMILES string of the molecule is CCCOc1ccccc1NC(=O)c1nc2ccccn2c1CN(C)C. The summed E-state index contributed by atoms with van der Waals surface area (Å²) >= 11 is 0. The van der Waals surface area contributed by atoms with Crippen LogP contribution < -0.4 is 10.1 Å². The minimum atomic E-state index is -0.238. The van der Waals surface area contributed by atoms with Crippen LogP contribution in [0.3, 0.4) is 0 Å². The summed E-state index contributed by atoms with van der Waals surface area (Å²) in [6.07, 6.45) is 2.83. The van der Waals surface area contributed by atoms with E-state index in [9.17, 15) is 4.79 Å². The number of ether oxygens (including phenoxy) is 1. The van der Waals surface area contributed by atoms with Crippen molar-refractivity contribution < 1.29 is 9.53 Å².